The molecule has 7 heteroatoms. The molecule has 0 aliphatic carbocycles. The summed E-state index contributed by atoms with van der Waals surface area (Å²) >= 11 is 5.88. The van der Waals surface area contributed by atoms with E-state index in [0.717, 1.165) is 5.69 Å². The Balaban J connectivity index is 2.43. The van der Waals surface area contributed by atoms with Gasteiger partial charge in [-0.05, 0) is 23.6 Å². The van der Waals surface area contributed by atoms with Crippen LogP contribution in [0.5, 0.6) is 0 Å². The first-order chi connectivity index (χ1) is 8.47. The lowest BCUT2D eigenvalue weighted by Gasteiger charge is -2.10. The van der Waals surface area contributed by atoms with Gasteiger partial charge >= 0.3 is 0 Å². The maximum absolute atomic E-state index is 5.88. The maximum atomic E-state index is 5.88. The van der Waals surface area contributed by atoms with Gasteiger partial charge in [-0.2, -0.15) is 20.1 Å². The molecule has 0 aliphatic heterocycles. The van der Waals surface area contributed by atoms with Crippen molar-refractivity contribution < 1.29 is 0 Å². The Morgan fingerprint density at radius 2 is 1.94 bits per heavy atom. The third-order valence-corrected chi connectivity index (χ3v) is 2.56. The van der Waals surface area contributed by atoms with Crippen LogP contribution in [0.1, 0.15) is 25.5 Å². The summed E-state index contributed by atoms with van der Waals surface area (Å²) in [7, 11) is 3.69. The van der Waals surface area contributed by atoms with Crippen molar-refractivity contribution in [3.05, 3.63) is 23.2 Å². The van der Waals surface area contributed by atoms with Gasteiger partial charge < -0.3 is 4.90 Å². The fraction of sp³-hybridized carbons (Fsp3) is 0.455. The van der Waals surface area contributed by atoms with Gasteiger partial charge in [-0.25, -0.2) is 4.68 Å². The summed E-state index contributed by atoms with van der Waals surface area (Å²) in [6.45, 7) is 4.16. The summed E-state index contributed by atoms with van der Waals surface area (Å²) in [5, 5.41) is 4.57. The first-order valence-corrected chi connectivity index (χ1v) is 6.00. The van der Waals surface area contributed by atoms with Gasteiger partial charge in [0.1, 0.15) is 0 Å². The number of halogens is 1. The molecule has 0 saturated carbocycles. The lowest BCUT2D eigenvalue weighted by molar-refractivity contribution is 0.735. The minimum atomic E-state index is 0.158. The predicted octanol–water partition coefficient (Wildman–Crippen LogP) is 1.90. The molecule has 96 valence electrons. The third-order valence-electron chi connectivity index (χ3n) is 2.39. The number of hydrogen-bond donors (Lipinski definition) is 0. The van der Waals surface area contributed by atoms with Crippen LogP contribution >= 0.6 is 11.6 Å². The van der Waals surface area contributed by atoms with Crippen LogP contribution in [0, 0.1) is 0 Å². The van der Waals surface area contributed by atoms with Gasteiger partial charge in [0.05, 0.1) is 5.69 Å². The summed E-state index contributed by atoms with van der Waals surface area (Å²) in [5.41, 5.74) is 0.984. The van der Waals surface area contributed by atoms with Crippen molar-refractivity contribution in [1.29, 1.82) is 0 Å². The van der Waals surface area contributed by atoms with Crippen molar-refractivity contribution in [2.45, 2.75) is 19.8 Å². The average Bonchev–Trinajstić information content (AvgIpc) is 2.77. The van der Waals surface area contributed by atoms with Crippen molar-refractivity contribution in [2.75, 3.05) is 19.0 Å². The van der Waals surface area contributed by atoms with Crippen LogP contribution in [-0.4, -0.2) is 38.8 Å². The van der Waals surface area contributed by atoms with Crippen molar-refractivity contribution in [2.24, 2.45) is 0 Å². The third kappa shape index (κ3) is 2.59. The van der Waals surface area contributed by atoms with E-state index in [2.05, 4.69) is 33.9 Å². The summed E-state index contributed by atoms with van der Waals surface area (Å²) in [6, 6.07) is 1.94. The molecule has 0 atom stereocenters. The van der Waals surface area contributed by atoms with E-state index >= 15 is 0 Å². The second-order valence-corrected chi connectivity index (χ2v) is 4.78. The van der Waals surface area contributed by atoms with Gasteiger partial charge in [-0.15, -0.1) is 0 Å². The second kappa shape index (κ2) is 4.89. The molecule has 0 unspecified atom stereocenters. The quantitative estimate of drug-likeness (QED) is 0.849. The molecule has 2 heterocycles. The van der Waals surface area contributed by atoms with Crippen molar-refractivity contribution in [1.82, 2.24) is 24.7 Å². The van der Waals surface area contributed by atoms with Crippen LogP contribution < -0.4 is 4.90 Å². The monoisotopic (exact) mass is 266 g/mol. The zero-order valence-electron chi connectivity index (χ0n) is 10.8. The summed E-state index contributed by atoms with van der Waals surface area (Å²) in [6.07, 6.45) is 1.82. The number of nitrogens with zero attached hydrogens (tertiary/aromatic N) is 6. The van der Waals surface area contributed by atoms with Gasteiger partial charge in [-0.1, -0.05) is 13.8 Å². The van der Waals surface area contributed by atoms with E-state index in [1.807, 2.05) is 26.4 Å². The summed E-state index contributed by atoms with van der Waals surface area (Å²) in [4.78, 5) is 14.2. The Kier molecular flexibility index (Phi) is 3.47. The molecule has 0 radical (unpaired) electrons. The predicted molar refractivity (Wildman–Crippen MR) is 70.4 cm³/mol. The zero-order valence-corrected chi connectivity index (χ0v) is 11.5. The topological polar surface area (TPSA) is 59.7 Å². The summed E-state index contributed by atoms with van der Waals surface area (Å²) < 4.78 is 1.61. The molecule has 0 amide bonds. The Morgan fingerprint density at radius 3 is 2.50 bits per heavy atom. The molecule has 0 aliphatic rings. The smallest absolute Gasteiger partial charge is 0.256 e. The van der Waals surface area contributed by atoms with Gasteiger partial charge in [-0.3, -0.25) is 0 Å². The van der Waals surface area contributed by atoms with E-state index in [4.69, 9.17) is 11.6 Å². The van der Waals surface area contributed by atoms with Crippen molar-refractivity contribution in [3.63, 3.8) is 0 Å². The standard InChI is InChI=1S/C11H15ClN6/c1-7(2)8-5-6-18(16-8)11-14-9(12)13-10(15-11)17(3)4/h5-7H,1-4H3. The highest BCUT2D eigenvalue weighted by atomic mass is 35.5. The van der Waals surface area contributed by atoms with Gasteiger partial charge in [0.2, 0.25) is 11.2 Å². The number of aromatic nitrogens is 5. The fourth-order valence-electron chi connectivity index (χ4n) is 1.39. The Morgan fingerprint density at radius 1 is 1.22 bits per heavy atom. The molecule has 18 heavy (non-hydrogen) atoms. The van der Waals surface area contributed by atoms with E-state index in [1.165, 1.54) is 0 Å². The average molecular weight is 267 g/mol. The van der Waals surface area contributed by atoms with E-state index in [0.29, 0.717) is 17.8 Å². The number of anilines is 1. The number of hydrogen-bond acceptors (Lipinski definition) is 5. The molecular formula is C11H15ClN6. The van der Waals surface area contributed by atoms with Crippen LogP contribution in [0.2, 0.25) is 5.28 Å². The van der Waals surface area contributed by atoms with E-state index in [9.17, 15) is 0 Å². The Labute approximate surface area is 111 Å². The first-order valence-electron chi connectivity index (χ1n) is 5.62. The zero-order chi connectivity index (χ0) is 13.3. The first kappa shape index (κ1) is 12.8. The van der Waals surface area contributed by atoms with Crippen molar-refractivity contribution in [3.8, 4) is 5.95 Å². The highest BCUT2D eigenvalue weighted by molar-refractivity contribution is 6.28. The highest BCUT2D eigenvalue weighted by Crippen LogP contribution is 2.14. The summed E-state index contributed by atoms with van der Waals surface area (Å²) in [5.74, 6) is 1.29. The Hall–Kier alpha value is -1.69. The van der Waals surface area contributed by atoms with Gasteiger partial charge in [0.25, 0.3) is 5.95 Å². The number of rotatable bonds is 3. The minimum absolute atomic E-state index is 0.158. The molecule has 2 rings (SSSR count). The van der Waals surface area contributed by atoms with Gasteiger partial charge in [0.15, 0.2) is 0 Å². The largest absolute Gasteiger partial charge is 0.347 e. The van der Waals surface area contributed by atoms with Crippen LogP contribution in [0.25, 0.3) is 5.95 Å². The van der Waals surface area contributed by atoms with E-state index in [1.54, 1.807) is 9.58 Å². The molecule has 6 nitrogen and oxygen atoms in total. The highest BCUT2D eigenvalue weighted by Gasteiger charge is 2.10. The SMILES string of the molecule is CC(C)c1ccn(-c2nc(Cl)nc(N(C)C)n2)n1. The molecule has 2 aromatic heterocycles. The molecule has 0 saturated heterocycles. The van der Waals surface area contributed by atoms with Crippen LogP contribution in [0.4, 0.5) is 5.95 Å². The molecular weight excluding hydrogens is 252 g/mol. The van der Waals surface area contributed by atoms with Crippen molar-refractivity contribution >= 4 is 17.5 Å². The molecule has 0 fully saturated rings. The molecule has 2 aromatic rings. The molecule has 0 aromatic carbocycles. The van der Waals surface area contributed by atoms with E-state index in [-0.39, 0.29) is 5.28 Å². The maximum Gasteiger partial charge on any atom is 0.256 e. The lowest BCUT2D eigenvalue weighted by atomic mass is 10.1. The lowest BCUT2D eigenvalue weighted by Crippen LogP contribution is -2.15. The van der Waals surface area contributed by atoms with E-state index < -0.39 is 0 Å². The second-order valence-electron chi connectivity index (χ2n) is 4.44. The van der Waals surface area contributed by atoms with Gasteiger partial charge in [0, 0.05) is 20.3 Å². The molecule has 0 bridgehead atoms. The minimum Gasteiger partial charge on any atom is -0.347 e. The fourth-order valence-corrected chi connectivity index (χ4v) is 1.54. The van der Waals surface area contributed by atoms with Crippen LogP contribution in [0.15, 0.2) is 12.3 Å². The Bertz CT molecular complexity index is 548. The van der Waals surface area contributed by atoms with Crippen LogP contribution in [0.3, 0.4) is 0 Å². The molecule has 0 spiro atoms. The normalized spacial score (nSPS) is 11.0. The molecule has 0 N–H and O–H groups in total. The van der Waals surface area contributed by atoms with Crippen LogP contribution in [-0.2, 0) is 0 Å².